The number of aromatic hydroxyl groups is 1. The van der Waals surface area contributed by atoms with Crippen LogP contribution in [0.5, 0.6) is 5.75 Å². The van der Waals surface area contributed by atoms with Gasteiger partial charge in [0, 0.05) is 25.7 Å². The SMILES string of the molecule is Cn1ccc(=O)c(O)c1Cc1ccc(F)cc1. The summed E-state index contributed by atoms with van der Waals surface area (Å²) in [5.41, 5.74) is 0.951. The molecule has 0 atom stereocenters. The molecule has 0 aliphatic rings. The Kier molecular flexibility index (Phi) is 2.95. The Bertz CT molecular complexity index is 587. The van der Waals surface area contributed by atoms with E-state index in [0.717, 1.165) is 5.56 Å². The number of nitrogens with zero attached hydrogens (tertiary/aromatic N) is 1. The Labute approximate surface area is 97.8 Å². The topological polar surface area (TPSA) is 42.2 Å². The smallest absolute Gasteiger partial charge is 0.223 e. The van der Waals surface area contributed by atoms with Crippen molar-refractivity contribution in [2.45, 2.75) is 6.42 Å². The molecule has 1 aromatic carbocycles. The Morgan fingerprint density at radius 2 is 1.88 bits per heavy atom. The van der Waals surface area contributed by atoms with Gasteiger partial charge in [0.15, 0.2) is 5.75 Å². The van der Waals surface area contributed by atoms with Gasteiger partial charge in [0.2, 0.25) is 5.43 Å². The molecule has 3 nitrogen and oxygen atoms in total. The van der Waals surface area contributed by atoms with Crippen LogP contribution < -0.4 is 5.43 Å². The van der Waals surface area contributed by atoms with Crippen molar-refractivity contribution < 1.29 is 9.50 Å². The lowest BCUT2D eigenvalue weighted by Crippen LogP contribution is -2.10. The van der Waals surface area contributed by atoms with Crippen LogP contribution in [0.4, 0.5) is 4.39 Å². The average molecular weight is 233 g/mol. The molecular weight excluding hydrogens is 221 g/mol. The number of halogens is 1. The second-order valence-corrected chi connectivity index (χ2v) is 3.89. The number of hydrogen-bond acceptors (Lipinski definition) is 2. The lowest BCUT2D eigenvalue weighted by Gasteiger charge is -2.10. The molecule has 0 aliphatic carbocycles. The van der Waals surface area contributed by atoms with Gasteiger partial charge >= 0.3 is 0 Å². The van der Waals surface area contributed by atoms with Gasteiger partial charge in [0.05, 0.1) is 5.69 Å². The largest absolute Gasteiger partial charge is 0.503 e. The Hall–Kier alpha value is -2.10. The number of hydrogen-bond donors (Lipinski definition) is 1. The standard InChI is InChI=1S/C13H12FNO2/c1-15-7-6-12(16)13(17)11(15)8-9-2-4-10(14)5-3-9/h2-7,17H,8H2,1H3. The third kappa shape index (κ3) is 2.36. The summed E-state index contributed by atoms with van der Waals surface area (Å²) in [6.07, 6.45) is 1.99. The number of aryl methyl sites for hydroxylation is 1. The van der Waals surface area contributed by atoms with E-state index < -0.39 is 5.43 Å². The fourth-order valence-electron chi connectivity index (χ4n) is 1.66. The molecule has 0 amide bonds. The van der Waals surface area contributed by atoms with Crippen molar-refractivity contribution in [3.8, 4) is 5.75 Å². The van der Waals surface area contributed by atoms with Crippen molar-refractivity contribution >= 4 is 0 Å². The number of rotatable bonds is 2. The van der Waals surface area contributed by atoms with Crippen LogP contribution >= 0.6 is 0 Å². The molecule has 0 fully saturated rings. The minimum atomic E-state index is -0.403. The van der Waals surface area contributed by atoms with E-state index in [-0.39, 0.29) is 11.6 Å². The first-order valence-corrected chi connectivity index (χ1v) is 5.20. The maximum absolute atomic E-state index is 12.7. The van der Waals surface area contributed by atoms with E-state index >= 15 is 0 Å². The summed E-state index contributed by atoms with van der Waals surface area (Å²) in [5.74, 6) is -0.556. The molecular formula is C13H12FNO2. The molecule has 4 heteroatoms. The van der Waals surface area contributed by atoms with Crippen molar-refractivity contribution in [2.75, 3.05) is 0 Å². The molecule has 0 saturated carbocycles. The van der Waals surface area contributed by atoms with Gasteiger partial charge in [-0.05, 0) is 17.7 Å². The molecule has 0 radical (unpaired) electrons. The summed E-state index contributed by atoms with van der Waals surface area (Å²) in [6, 6.07) is 7.28. The molecule has 0 saturated heterocycles. The summed E-state index contributed by atoms with van der Waals surface area (Å²) in [4.78, 5) is 11.3. The maximum Gasteiger partial charge on any atom is 0.223 e. The van der Waals surface area contributed by atoms with Crippen molar-refractivity contribution in [3.05, 3.63) is 63.8 Å². The molecule has 0 aliphatic heterocycles. The molecule has 88 valence electrons. The van der Waals surface area contributed by atoms with Crippen molar-refractivity contribution in [2.24, 2.45) is 7.05 Å². The van der Waals surface area contributed by atoms with E-state index in [4.69, 9.17) is 0 Å². The number of aromatic nitrogens is 1. The summed E-state index contributed by atoms with van der Waals surface area (Å²) in [6.45, 7) is 0. The fraction of sp³-hybridized carbons (Fsp3) is 0.154. The van der Waals surface area contributed by atoms with Gasteiger partial charge in [0.1, 0.15) is 5.82 Å². The summed E-state index contributed by atoms with van der Waals surface area (Å²) in [7, 11) is 1.75. The number of pyridine rings is 1. The van der Waals surface area contributed by atoms with Crippen molar-refractivity contribution in [1.29, 1.82) is 0 Å². The molecule has 0 bridgehead atoms. The summed E-state index contributed by atoms with van der Waals surface area (Å²) >= 11 is 0. The highest BCUT2D eigenvalue weighted by molar-refractivity contribution is 5.32. The van der Waals surface area contributed by atoms with Crippen molar-refractivity contribution in [1.82, 2.24) is 4.57 Å². The lowest BCUT2D eigenvalue weighted by atomic mass is 10.1. The van der Waals surface area contributed by atoms with Crippen LogP contribution in [0, 0.1) is 5.82 Å². The fourth-order valence-corrected chi connectivity index (χ4v) is 1.66. The monoisotopic (exact) mass is 233 g/mol. The molecule has 0 unspecified atom stereocenters. The van der Waals surface area contributed by atoms with E-state index in [2.05, 4.69) is 0 Å². The molecule has 17 heavy (non-hydrogen) atoms. The van der Waals surface area contributed by atoms with E-state index in [0.29, 0.717) is 12.1 Å². The van der Waals surface area contributed by atoms with Gasteiger partial charge in [-0.1, -0.05) is 12.1 Å². The van der Waals surface area contributed by atoms with Crippen LogP contribution in [-0.4, -0.2) is 9.67 Å². The van der Waals surface area contributed by atoms with Gasteiger partial charge in [-0.2, -0.15) is 0 Å². The minimum Gasteiger partial charge on any atom is -0.503 e. The Balaban J connectivity index is 2.39. The highest BCUT2D eigenvalue weighted by Gasteiger charge is 2.08. The molecule has 1 heterocycles. The number of benzene rings is 1. The van der Waals surface area contributed by atoms with E-state index in [1.54, 1.807) is 29.9 Å². The molecule has 1 N–H and O–H groups in total. The zero-order valence-corrected chi connectivity index (χ0v) is 9.35. The predicted molar refractivity (Wildman–Crippen MR) is 62.6 cm³/mol. The highest BCUT2D eigenvalue weighted by atomic mass is 19.1. The summed E-state index contributed by atoms with van der Waals surface area (Å²) < 4.78 is 14.4. The molecule has 2 aromatic rings. The van der Waals surface area contributed by atoms with E-state index in [1.165, 1.54) is 18.2 Å². The van der Waals surface area contributed by atoms with E-state index in [9.17, 15) is 14.3 Å². The summed E-state index contributed by atoms with van der Waals surface area (Å²) in [5, 5.41) is 9.69. The van der Waals surface area contributed by atoms with Gasteiger partial charge in [-0.15, -0.1) is 0 Å². The lowest BCUT2D eigenvalue weighted by molar-refractivity contribution is 0.454. The normalized spacial score (nSPS) is 10.5. The van der Waals surface area contributed by atoms with Crippen LogP contribution in [0.1, 0.15) is 11.3 Å². The van der Waals surface area contributed by atoms with Crippen molar-refractivity contribution in [3.63, 3.8) is 0 Å². The Morgan fingerprint density at radius 1 is 1.24 bits per heavy atom. The average Bonchev–Trinajstić information content (AvgIpc) is 2.32. The van der Waals surface area contributed by atoms with Crippen LogP contribution in [0.25, 0.3) is 0 Å². The molecule has 0 spiro atoms. The van der Waals surface area contributed by atoms with Gasteiger partial charge in [-0.3, -0.25) is 4.79 Å². The third-order valence-corrected chi connectivity index (χ3v) is 2.67. The van der Waals surface area contributed by atoms with Crippen LogP contribution in [0.15, 0.2) is 41.3 Å². The zero-order valence-electron chi connectivity index (χ0n) is 9.35. The Morgan fingerprint density at radius 3 is 2.53 bits per heavy atom. The van der Waals surface area contributed by atoms with Gasteiger partial charge < -0.3 is 9.67 Å². The molecule has 1 aromatic heterocycles. The highest BCUT2D eigenvalue weighted by Crippen LogP contribution is 2.15. The first-order chi connectivity index (χ1) is 8.08. The van der Waals surface area contributed by atoms with Crippen LogP contribution in [0.2, 0.25) is 0 Å². The quantitative estimate of drug-likeness (QED) is 0.859. The van der Waals surface area contributed by atoms with Gasteiger partial charge in [0.25, 0.3) is 0 Å². The second-order valence-electron chi connectivity index (χ2n) is 3.89. The zero-order chi connectivity index (χ0) is 12.4. The second kappa shape index (κ2) is 4.41. The van der Waals surface area contributed by atoms with Crippen LogP contribution in [0.3, 0.4) is 0 Å². The first-order valence-electron chi connectivity index (χ1n) is 5.20. The van der Waals surface area contributed by atoms with Crippen LogP contribution in [-0.2, 0) is 13.5 Å². The minimum absolute atomic E-state index is 0.251. The molecule has 2 rings (SSSR count). The maximum atomic E-state index is 12.7. The first kappa shape index (κ1) is 11.4. The van der Waals surface area contributed by atoms with E-state index in [1.807, 2.05) is 0 Å². The third-order valence-electron chi connectivity index (χ3n) is 2.67. The van der Waals surface area contributed by atoms with Gasteiger partial charge in [-0.25, -0.2) is 4.39 Å². The predicted octanol–water partition coefficient (Wildman–Crippen LogP) is 1.82.